The molecule has 9 heteroatoms. The second-order valence-corrected chi connectivity index (χ2v) is 9.39. The third-order valence-corrected chi connectivity index (χ3v) is 6.92. The van der Waals surface area contributed by atoms with Gasteiger partial charge in [0.15, 0.2) is 11.0 Å². The summed E-state index contributed by atoms with van der Waals surface area (Å²) in [6.07, 6.45) is 2.23. The normalized spacial score (nSPS) is 16.1. The lowest BCUT2D eigenvalue weighted by molar-refractivity contribution is -0.127. The molecule has 30 heavy (non-hydrogen) atoms. The zero-order valence-electron chi connectivity index (χ0n) is 16.7. The van der Waals surface area contributed by atoms with Crippen molar-refractivity contribution in [3.8, 4) is 11.4 Å². The number of ether oxygens (including phenoxy) is 1. The maximum absolute atomic E-state index is 12.6. The van der Waals surface area contributed by atoms with Gasteiger partial charge in [0.05, 0.1) is 18.4 Å². The summed E-state index contributed by atoms with van der Waals surface area (Å²) in [7, 11) is 1.83. The van der Waals surface area contributed by atoms with Crippen molar-refractivity contribution in [3.05, 3.63) is 51.7 Å². The van der Waals surface area contributed by atoms with Crippen LogP contribution in [0.4, 0.5) is 0 Å². The van der Waals surface area contributed by atoms with Crippen molar-refractivity contribution >= 4 is 40.6 Å². The molecule has 0 bridgehead atoms. The minimum Gasteiger partial charge on any atom is -0.376 e. The van der Waals surface area contributed by atoms with E-state index >= 15 is 0 Å². The summed E-state index contributed by atoms with van der Waals surface area (Å²) < 4.78 is 7.90. The van der Waals surface area contributed by atoms with Gasteiger partial charge in [-0.3, -0.25) is 9.36 Å². The second kappa shape index (κ2) is 9.96. The molecule has 158 valence electrons. The number of hydrogen-bond acceptors (Lipinski definition) is 6. The Morgan fingerprint density at radius 3 is 2.87 bits per heavy atom. The summed E-state index contributed by atoms with van der Waals surface area (Å²) in [6.45, 7) is 2.07. The summed E-state index contributed by atoms with van der Waals surface area (Å²) in [6, 6.07) is 9.60. The average Bonchev–Trinajstić information content (AvgIpc) is 3.50. The quantitative estimate of drug-likeness (QED) is 0.458. The van der Waals surface area contributed by atoms with Crippen LogP contribution in [0.2, 0.25) is 5.02 Å². The zero-order chi connectivity index (χ0) is 20.9. The molecule has 1 aliphatic rings. The monoisotopic (exact) mass is 462 g/mol. The Morgan fingerprint density at radius 1 is 1.33 bits per heavy atom. The predicted molar refractivity (Wildman–Crippen MR) is 121 cm³/mol. The minimum atomic E-state index is 0.0610. The van der Waals surface area contributed by atoms with Gasteiger partial charge in [-0.05, 0) is 59.5 Å². The van der Waals surface area contributed by atoms with Gasteiger partial charge in [-0.25, -0.2) is 0 Å². The van der Waals surface area contributed by atoms with Crippen LogP contribution in [-0.4, -0.2) is 51.1 Å². The van der Waals surface area contributed by atoms with Gasteiger partial charge in [-0.2, -0.15) is 11.3 Å². The number of halogens is 1. The van der Waals surface area contributed by atoms with Crippen molar-refractivity contribution in [1.29, 1.82) is 0 Å². The van der Waals surface area contributed by atoms with E-state index in [4.69, 9.17) is 16.3 Å². The number of thioether (sulfide) groups is 1. The van der Waals surface area contributed by atoms with Gasteiger partial charge in [0.1, 0.15) is 0 Å². The Balaban J connectivity index is 1.48. The van der Waals surface area contributed by atoms with Crippen LogP contribution in [-0.2, 0) is 22.6 Å². The molecule has 3 aromatic rings. The summed E-state index contributed by atoms with van der Waals surface area (Å²) >= 11 is 9.09. The van der Waals surface area contributed by atoms with Crippen LogP contribution in [0.15, 0.2) is 46.2 Å². The largest absolute Gasteiger partial charge is 0.376 e. The van der Waals surface area contributed by atoms with E-state index in [0.717, 1.165) is 41.6 Å². The van der Waals surface area contributed by atoms with Crippen LogP contribution < -0.4 is 0 Å². The smallest absolute Gasteiger partial charge is 0.233 e. The van der Waals surface area contributed by atoms with E-state index in [-0.39, 0.29) is 12.0 Å². The lowest BCUT2D eigenvalue weighted by Crippen LogP contribution is -2.27. The van der Waals surface area contributed by atoms with Gasteiger partial charge in [0, 0.05) is 30.8 Å². The van der Waals surface area contributed by atoms with Crippen LogP contribution in [0.5, 0.6) is 0 Å². The predicted octanol–water partition coefficient (Wildman–Crippen LogP) is 4.59. The van der Waals surface area contributed by atoms with Crippen molar-refractivity contribution < 1.29 is 9.53 Å². The van der Waals surface area contributed by atoms with Crippen LogP contribution >= 0.6 is 34.7 Å². The molecular formula is C21H23ClN4O2S2. The maximum atomic E-state index is 12.6. The number of amides is 1. The number of carbonyl (C=O) groups is 1. The second-order valence-electron chi connectivity index (χ2n) is 7.23. The molecule has 3 heterocycles. The van der Waals surface area contributed by atoms with Crippen molar-refractivity contribution in [2.45, 2.75) is 37.2 Å². The van der Waals surface area contributed by atoms with Gasteiger partial charge in [0.25, 0.3) is 0 Å². The molecule has 0 spiro atoms. The molecule has 0 radical (unpaired) electrons. The Labute approximate surface area is 189 Å². The van der Waals surface area contributed by atoms with E-state index in [0.29, 0.717) is 23.9 Å². The average molecular weight is 463 g/mol. The Morgan fingerprint density at radius 2 is 2.17 bits per heavy atom. The lowest BCUT2D eigenvalue weighted by atomic mass is 10.2. The molecule has 1 atom stereocenters. The lowest BCUT2D eigenvalue weighted by Gasteiger charge is -2.17. The van der Waals surface area contributed by atoms with E-state index < -0.39 is 0 Å². The first-order chi connectivity index (χ1) is 14.6. The number of rotatable bonds is 8. The summed E-state index contributed by atoms with van der Waals surface area (Å²) in [5, 5.41) is 14.3. The highest BCUT2D eigenvalue weighted by molar-refractivity contribution is 7.99. The molecule has 1 unspecified atom stereocenters. The summed E-state index contributed by atoms with van der Waals surface area (Å²) in [5.41, 5.74) is 2.09. The highest BCUT2D eigenvalue weighted by atomic mass is 35.5. The summed E-state index contributed by atoms with van der Waals surface area (Å²) in [5.74, 6) is 1.14. The number of benzene rings is 1. The van der Waals surface area contributed by atoms with Crippen LogP contribution in [0.1, 0.15) is 18.4 Å². The number of thiophene rings is 1. The van der Waals surface area contributed by atoms with E-state index in [1.165, 1.54) is 11.8 Å². The van der Waals surface area contributed by atoms with Gasteiger partial charge in [0.2, 0.25) is 5.91 Å². The van der Waals surface area contributed by atoms with E-state index in [1.54, 1.807) is 16.2 Å². The first-order valence-electron chi connectivity index (χ1n) is 9.79. The number of carbonyl (C=O) groups excluding carboxylic acids is 1. The minimum absolute atomic E-state index is 0.0610. The molecule has 1 amide bonds. The standard InChI is InChI=1S/C21H23ClN4O2S2/c1-25(11-15-8-10-29-13-15)19(27)14-30-21-24-23-20(16-4-6-17(22)7-5-16)26(21)12-18-3-2-9-28-18/h4-8,10,13,18H,2-3,9,11-12,14H2,1H3. The van der Waals surface area contributed by atoms with Crippen molar-refractivity contribution in [3.63, 3.8) is 0 Å². The summed E-state index contributed by atoms with van der Waals surface area (Å²) in [4.78, 5) is 14.4. The molecule has 2 aromatic heterocycles. The zero-order valence-corrected chi connectivity index (χ0v) is 19.1. The molecule has 1 aromatic carbocycles. The maximum Gasteiger partial charge on any atom is 0.233 e. The van der Waals surface area contributed by atoms with Crippen molar-refractivity contribution in [2.75, 3.05) is 19.4 Å². The van der Waals surface area contributed by atoms with Crippen LogP contribution in [0, 0.1) is 0 Å². The molecule has 0 N–H and O–H groups in total. The first-order valence-corrected chi connectivity index (χ1v) is 12.1. The Bertz CT molecular complexity index is 970. The number of hydrogen-bond donors (Lipinski definition) is 0. The van der Waals surface area contributed by atoms with E-state index in [1.807, 2.05) is 42.8 Å². The van der Waals surface area contributed by atoms with Crippen molar-refractivity contribution in [2.24, 2.45) is 0 Å². The van der Waals surface area contributed by atoms with Crippen LogP contribution in [0.25, 0.3) is 11.4 Å². The molecule has 0 aliphatic carbocycles. The fourth-order valence-corrected chi connectivity index (χ4v) is 5.02. The van der Waals surface area contributed by atoms with Crippen molar-refractivity contribution in [1.82, 2.24) is 19.7 Å². The number of aromatic nitrogens is 3. The van der Waals surface area contributed by atoms with Gasteiger partial charge in [-0.1, -0.05) is 23.4 Å². The highest BCUT2D eigenvalue weighted by Crippen LogP contribution is 2.27. The Hall–Kier alpha value is -1.87. The fraction of sp³-hybridized carbons (Fsp3) is 0.381. The molecule has 1 fully saturated rings. The van der Waals surface area contributed by atoms with Gasteiger partial charge >= 0.3 is 0 Å². The van der Waals surface area contributed by atoms with Crippen LogP contribution in [0.3, 0.4) is 0 Å². The van der Waals surface area contributed by atoms with E-state index in [9.17, 15) is 4.79 Å². The fourth-order valence-electron chi connectivity index (χ4n) is 3.35. The van der Waals surface area contributed by atoms with Gasteiger partial charge in [-0.15, -0.1) is 10.2 Å². The topological polar surface area (TPSA) is 60.2 Å². The third-order valence-electron chi connectivity index (χ3n) is 4.98. The number of nitrogens with zero attached hydrogens (tertiary/aromatic N) is 4. The molecule has 1 aliphatic heterocycles. The Kier molecular flexibility index (Phi) is 7.09. The molecule has 0 saturated carbocycles. The first kappa shape index (κ1) is 21.4. The molecular weight excluding hydrogens is 440 g/mol. The third kappa shape index (κ3) is 5.24. The van der Waals surface area contributed by atoms with Gasteiger partial charge < -0.3 is 9.64 Å². The molecule has 1 saturated heterocycles. The SMILES string of the molecule is CN(Cc1ccsc1)C(=O)CSc1nnc(-c2ccc(Cl)cc2)n1CC1CCCO1. The van der Waals surface area contributed by atoms with E-state index in [2.05, 4.69) is 20.1 Å². The molecule has 4 rings (SSSR count). The highest BCUT2D eigenvalue weighted by Gasteiger charge is 2.22. The molecule has 6 nitrogen and oxygen atoms in total.